The maximum Gasteiger partial charge on any atom is 0.373 e. The van der Waals surface area contributed by atoms with Crippen LogP contribution in [0.25, 0.3) is 0 Å². The van der Waals surface area contributed by atoms with Gasteiger partial charge >= 0.3 is 5.97 Å². The standard InChI is InChI=1S/C19H24O7/c1-19(2)25-14-9-15(18(21)22-3)24-16(17(14)26-19)13(20)11-23-10-12-7-5-4-6-8-12/h4-9,13-14,16-17,20H,10-11H2,1-3H3/t13-,14-,16-,17-/m1/s1. The molecule has 4 atom stereocenters. The summed E-state index contributed by atoms with van der Waals surface area (Å²) in [6.07, 6.45) is -1.34. The predicted octanol–water partition coefficient (Wildman–Crippen LogP) is 1.54. The third kappa shape index (κ3) is 4.24. The number of esters is 1. The number of rotatable bonds is 6. The molecule has 0 unspecified atom stereocenters. The number of carbonyl (C=O) groups excluding carboxylic acids is 1. The predicted molar refractivity (Wildman–Crippen MR) is 90.9 cm³/mol. The summed E-state index contributed by atoms with van der Waals surface area (Å²) in [6.45, 7) is 3.93. The first-order chi connectivity index (χ1) is 12.4. The smallest absolute Gasteiger partial charge is 0.373 e. The Morgan fingerprint density at radius 3 is 2.69 bits per heavy atom. The molecule has 2 aliphatic rings. The maximum absolute atomic E-state index is 11.9. The molecule has 0 bridgehead atoms. The van der Waals surface area contributed by atoms with Crippen LogP contribution in [0.3, 0.4) is 0 Å². The summed E-state index contributed by atoms with van der Waals surface area (Å²) in [5.41, 5.74) is 0.999. The van der Waals surface area contributed by atoms with Crippen molar-refractivity contribution >= 4 is 5.97 Å². The van der Waals surface area contributed by atoms with E-state index in [4.69, 9.17) is 23.7 Å². The van der Waals surface area contributed by atoms with Gasteiger partial charge in [0.1, 0.15) is 18.3 Å². The minimum absolute atomic E-state index is 0.00200. The molecule has 0 saturated carbocycles. The van der Waals surface area contributed by atoms with Gasteiger partial charge in [-0.25, -0.2) is 4.79 Å². The first kappa shape index (κ1) is 18.8. The van der Waals surface area contributed by atoms with Gasteiger partial charge in [-0.1, -0.05) is 30.3 Å². The highest BCUT2D eigenvalue weighted by Gasteiger charge is 2.51. The summed E-state index contributed by atoms with van der Waals surface area (Å²) in [5.74, 6) is -1.47. The molecule has 1 saturated heterocycles. The fraction of sp³-hybridized carbons (Fsp3) is 0.526. The van der Waals surface area contributed by atoms with Gasteiger partial charge in [-0.3, -0.25) is 0 Å². The molecule has 142 valence electrons. The highest BCUT2D eigenvalue weighted by molar-refractivity contribution is 5.86. The first-order valence-electron chi connectivity index (χ1n) is 8.52. The van der Waals surface area contributed by atoms with Crippen molar-refractivity contribution < 1.29 is 33.6 Å². The number of methoxy groups -OCH3 is 1. The Balaban J connectivity index is 1.66. The van der Waals surface area contributed by atoms with Crippen molar-refractivity contribution in [2.75, 3.05) is 13.7 Å². The van der Waals surface area contributed by atoms with Crippen molar-refractivity contribution in [3.63, 3.8) is 0 Å². The van der Waals surface area contributed by atoms with Gasteiger partial charge < -0.3 is 28.8 Å². The van der Waals surface area contributed by atoms with Crippen molar-refractivity contribution in [3.05, 3.63) is 47.7 Å². The lowest BCUT2D eigenvalue weighted by atomic mass is 10.00. The lowest BCUT2D eigenvalue weighted by Crippen LogP contribution is -2.49. The molecular formula is C19H24O7. The van der Waals surface area contributed by atoms with E-state index in [-0.39, 0.29) is 12.4 Å². The van der Waals surface area contributed by atoms with Crippen molar-refractivity contribution in [1.29, 1.82) is 0 Å². The van der Waals surface area contributed by atoms with E-state index in [0.29, 0.717) is 6.61 Å². The topological polar surface area (TPSA) is 83.5 Å². The zero-order valence-electron chi connectivity index (χ0n) is 15.1. The third-order valence-electron chi connectivity index (χ3n) is 4.23. The summed E-state index contributed by atoms with van der Waals surface area (Å²) in [7, 11) is 1.27. The van der Waals surface area contributed by atoms with E-state index in [9.17, 15) is 9.90 Å². The van der Waals surface area contributed by atoms with Crippen LogP contribution in [0, 0.1) is 0 Å². The van der Waals surface area contributed by atoms with Gasteiger partial charge in [0, 0.05) is 0 Å². The molecule has 1 fully saturated rings. The summed E-state index contributed by atoms with van der Waals surface area (Å²) in [5, 5.41) is 10.6. The molecule has 0 radical (unpaired) electrons. The van der Waals surface area contributed by atoms with Gasteiger partial charge in [-0.15, -0.1) is 0 Å². The second-order valence-electron chi connectivity index (χ2n) is 6.74. The van der Waals surface area contributed by atoms with Crippen LogP contribution >= 0.6 is 0 Å². The van der Waals surface area contributed by atoms with Gasteiger partial charge in [0.2, 0.25) is 5.76 Å². The van der Waals surface area contributed by atoms with Crippen molar-refractivity contribution in [1.82, 2.24) is 0 Å². The number of hydrogen-bond donors (Lipinski definition) is 1. The van der Waals surface area contributed by atoms with E-state index < -0.39 is 36.2 Å². The summed E-state index contributed by atoms with van der Waals surface area (Å²) < 4.78 is 27.6. The zero-order chi connectivity index (χ0) is 18.7. The molecule has 0 amide bonds. The summed E-state index contributed by atoms with van der Waals surface area (Å²) >= 11 is 0. The average Bonchev–Trinajstić information content (AvgIpc) is 2.94. The van der Waals surface area contributed by atoms with Crippen LogP contribution in [0.1, 0.15) is 19.4 Å². The average molecular weight is 364 g/mol. The zero-order valence-corrected chi connectivity index (χ0v) is 15.1. The molecule has 2 aliphatic heterocycles. The molecule has 0 aliphatic carbocycles. The van der Waals surface area contributed by atoms with Gasteiger partial charge in [0.25, 0.3) is 0 Å². The molecule has 7 nitrogen and oxygen atoms in total. The molecular weight excluding hydrogens is 340 g/mol. The fourth-order valence-electron chi connectivity index (χ4n) is 3.08. The third-order valence-corrected chi connectivity index (χ3v) is 4.23. The normalized spacial score (nSPS) is 27.8. The first-order valence-corrected chi connectivity index (χ1v) is 8.52. The van der Waals surface area contributed by atoms with Crippen LogP contribution < -0.4 is 0 Å². The SMILES string of the molecule is COC(=O)C1=C[C@H]2OC(C)(C)O[C@H]2[C@@H]([C@H](O)COCc2ccccc2)O1. The number of benzene rings is 1. The van der Waals surface area contributed by atoms with Crippen molar-refractivity contribution in [3.8, 4) is 0 Å². The van der Waals surface area contributed by atoms with Crippen LogP contribution in [0.4, 0.5) is 0 Å². The maximum atomic E-state index is 11.9. The molecule has 1 N–H and O–H groups in total. The van der Waals surface area contributed by atoms with Gasteiger partial charge in [-0.05, 0) is 25.5 Å². The Kier molecular flexibility index (Phi) is 5.62. The van der Waals surface area contributed by atoms with E-state index in [1.807, 2.05) is 30.3 Å². The fourth-order valence-corrected chi connectivity index (χ4v) is 3.08. The number of hydrogen-bond acceptors (Lipinski definition) is 7. The van der Waals surface area contributed by atoms with Crippen LogP contribution in [0.15, 0.2) is 42.2 Å². The molecule has 26 heavy (non-hydrogen) atoms. The Hall–Kier alpha value is -1.93. The Morgan fingerprint density at radius 2 is 2.00 bits per heavy atom. The van der Waals surface area contributed by atoms with E-state index in [2.05, 4.69) is 0 Å². The quantitative estimate of drug-likeness (QED) is 0.767. The molecule has 1 aromatic rings. The molecule has 0 spiro atoms. The van der Waals surface area contributed by atoms with Crippen LogP contribution in [0.2, 0.25) is 0 Å². The molecule has 0 aromatic heterocycles. The number of carbonyl (C=O) groups is 1. The van der Waals surface area contributed by atoms with Crippen LogP contribution in [-0.2, 0) is 35.1 Å². The van der Waals surface area contributed by atoms with E-state index in [1.165, 1.54) is 13.2 Å². The lowest BCUT2D eigenvalue weighted by molar-refractivity contribution is -0.170. The highest BCUT2D eigenvalue weighted by atomic mass is 16.8. The minimum atomic E-state index is -1.00. The molecule has 2 heterocycles. The van der Waals surface area contributed by atoms with E-state index >= 15 is 0 Å². The van der Waals surface area contributed by atoms with Crippen LogP contribution in [0.5, 0.6) is 0 Å². The van der Waals surface area contributed by atoms with Crippen LogP contribution in [-0.4, -0.2) is 55.0 Å². The van der Waals surface area contributed by atoms with Gasteiger partial charge in [-0.2, -0.15) is 0 Å². The number of aliphatic hydroxyl groups excluding tert-OH is 1. The molecule has 1 aromatic carbocycles. The monoisotopic (exact) mass is 364 g/mol. The highest BCUT2D eigenvalue weighted by Crippen LogP contribution is 2.37. The minimum Gasteiger partial charge on any atom is -0.478 e. The second-order valence-corrected chi connectivity index (χ2v) is 6.74. The van der Waals surface area contributed by atoms with E-state index in [0.717, 1.165) is 5.56 Å². The van der Waals surface area contributed by atoms with Crippen molar-refractivity contribution in [2.45, 2.75) is 50.7 Å². The Labute approximate surface area is 152 Å². The number of fused-ring (bicyclic) bond motifs is 1. The molecule has 7 heteroatoms. The number of aliphatic hydroxyl groups is 1. The summed E-state index contributed by atoms with van der Waals surface area (Å²) in [6, 6.07) is 9.64. The Morgan fingerprint density at radius 1 is 1.27 bits per heavy atom. The lowest BCUT2D eigenvalue weighted by Gasteiger charge is -2.33. The summed E-state index contributed by atoms with van der Waals surface area (Å²) in [4.78, 5) is 11.9. The van der Waals surface area contributed by atoms with E-state index in [1.54, 1.807) is 13.8 Å². The Bertz CT molecular complexity index is 655. The van der Waals surface area contributed by atoms with Gasteiger partial charge in [0.05, 0.1) is 20.3 Å². The second kappa shape index (κ2) is 7.75. The van der Waals surface area contributed by atoms with Gasteiger partial charge in [0.15, 0.2) is 11.9 Å². The molecule has 3 rings (SSSR count). The number of ether oxygens (including phenoxy) is 5. The van der Waals surface area contributed by atoms with Crippen molar-refractivity contribution in [2.24, 2.45) is 0 Å². The largest absolute Gasteiger partial charge is 0.478 e.